The third-order valence-corrected chi connectivity index (χ3v) is 5.52. The molecule has 7 nitrogen and oxygen atoms in total. The van der Waals surface area contributed by atoms with Crippen molar-refractivity contribution in [3.8, 4) is 0 Å². The Balaban J connectivity index is 2.32. The Morgan fingerprint density at radius 3 is 2.22 bits per heavy atom. The number of amides is 2. The summed E-state index contributed by atoms with van der Waals surface area (Å²) in [5, 5.41) is 0. The van der Waals surface area contributed by atoms with E-state index in [0.717, 1.165) is 6.07 Å². The Kier molecular flexibility index (Phi) is 7.38. The van der Waals surface area contributed by atoms with Crippen LogP contribution in [-0.4, -0.2) is 51.7 Å². The number of aromatic nitrogens is 1. The molecular formula is C23H20BrF6N3O4. The number of hydrogen-bond donors (Lipinski definition) is 0. The second-order valence-electron chi connectivity index (χ2n) is 9.08. The number of aliphatic imine (C=N–C) groups is 1. The Labute approximate surface area is 215 Å². The van der Waals surface area contributed by atoms with Gasteiger partial charge in [-0.05, 0) is 67.9 Å². The van der Waals surface area contributed by atoms with E-state index in [2.05, 4.69) is 30.6 Å². The molecule has 200 valence electrons. The van der Waals surface area contributed by atoms with Gasteiger partial charge in [0, 0.05) is 5.56 Å². The summed E-state index contributed by atoms with van der Waals surface area (Å²) in [7, 11) is 0. The molecule has 0 N–H and O–H groups in total. The summed E-state index contributed by atoms with van der Waals surface area (Å²) in [5.74, 6) is -7.64. The zero-order valence-corrected chi connectivity index (χ0v) is 21.3. The number of pyridine rings is 1. The maximum Gasteiger partial charge on any atom is 0.431 e. The van der Waals surface area contributed by atoms with Crippen LogP contribution in [0.1, 0.15) is 43.7 Å². The third-order valence-electron chi connectivity index (χ3n) is 5.08. The first-order valence-corrected chi connectivity index (χ1v) is 11.3. The van der Waals surface area contributed by atoms with Crippen molar-refractivity contribution in [3.05, 3.63) is 64.1 Å². The summed E-state index contributed by atoms with van der Waals surface area (Å²) < 4.78 is 96.8. The van der Waals surface area contributed by atoms with Gasteiger partial charge in [0.05, 0.1) is 0 Å². The molecule has 2 aromatic rings. The fraction of sp³-hybridized carbons (Fsp3) is 0.391. The molecule has 37 heavy (non-hydrogen) atoms. The van der Waals surface area contributed by atoms with Crippen LogP contribution in [0.4, 0.5) is 31.1 Å². The number of carbonyl (C=O) groups excluding carboxylic acids is 2. The quantitative estimate of drug-likeness (QED) is 0.304. The molecule has 0 aliphatic carbocycles. The van der Waals surface area contributed by atoms with Crippen LogP contribution in [0.3, 0.4) is 0 Å². The van der Waals surface area contributed by atoms with Gasteiger partial charge in [0.2, 0.25) is 0 Å². The first-order chi connectivity index (χ1) is 16.9. The van der Waals surface area contributed by atoms with Crippen molar-refractivity contribution in [1.29, 1.82) is 0 Å². The Morgan fingerprint density at radius 1 is 1.08 bits per heavy atom. The Bertz CT molecular complexity index is 1230. The first kappa shape index (κ1) is 28.4. The van der Waals surface area contributed by atoms with Gasteiger partial charge in [-0.1, -0.05) is 18.2 Å². The van der Waals surface area contributed by atoms with E-state index in [0.29, 0.717) is 13.0 Å². The minimum Gasteiger partial charge on any atom is -0.445 e. The topological polar surface area (TPSA) is 81.1 Å². The van der Waals surface area contributed by atoms with Crippen LogP contribution in [0.5, 0.6) is 0 Å². The van der Waals surface area contributed by atoms with Crippen molar-refractivity contribution in [2.24, 2.45) is 4.99 Å². The summed E-state index contributed by atoms with van der Waals surface area (Å²) in [4.78, 5) is 33.4. The van der Waals surface area contributed by atoms with Gasteiger partial charge in [-0.15, -0.1) is 0 Å². The maximum absolute atomic E-state index is 15.5. The van der Waals surface area contributed by atoms with Gasteiger partial charge in [0.25, 0.3) is 12.0 Å². The maximum atomic E-state index is 15.5. The molecule has 0 bridgehead atoms. The number of carbonyl (C=O) groups is 2. The normalized spacial score (nSPS) is 21.5. The third kappa shape index (κ3) is 5.58. The molecule has 0 unspecified atom stereocenters. The number of ether oxygens (including phenoxy) is 2. The molecule has 2 heterocycles. The van der Waals surface area contributed by atoms with E-state index in [1.807, 2.05) is 0 Å². The molecule has 0 radical (unpaired) electrons. The molecule has 0 saturated carbocycles. The van der Waals surface area contributed by atoms with Crippen LogP contribution in [0.15, 0.2) is 52.1 Å². The lowest BCUT2D eigenvalue weighted by atomic mass is 9.84. The molecule has 0 fully saturated rings. The average Bonchev–Trinajstić information content (AvgIpc) is 2.76. The van der Waals surface area contributed by atoms with Gasteiger partial charge < -0.3 is 9.47 Å². The van der Waals surface area contributed by atoms with Crippen molar-refractivity contribution in [2.75, 3.05) is 0 Å². The second-order valence-corrected chi connectivity index (χ2v) is 9.89. The SMILES string of the molecule is CC(C)(C)OC(=O)N(C(=O)c1ccccc1)C1=N[C@](C)(c2nc(Br)ccc2F)C(F)(F)[C@@H](C(F)(F)F)O1. The molecule has 3 rings (SSSR count). The predicted octanol–water partition coefficient (Wildman–Crippen LogP) is 6.23. The molecule has 2 amide bonds. The van der Waals surface area contributed by atoms with Gasteiger partial charge in [-0.25, -0.2) is 19.2 Å². The summed E-state index contributed by atoms with van der Waals surface area (Å²) in [6.07, 6.45) is -11.2. The van der Waals surface area contributed by atoms with Crippen LogP contribution >= 0.6 is 15.9 Å². The van der Waals surface area contributed by atoms with Gasteiger partial charge in [0.1, 0.15) is 21.7 Å². The number of amidine groups is 1. The Morgan fingerprint density at radius 2 is 1.68 bits per heavy atom. The smallest absolute Gasteiger partial charge is 0.431 e. The average molecular weight is 596 g/mol. The van der Waals surface area contributed by atoms with Crippen molar-refractivity contribution in [3.63, 3.8) is 0 Å². The van der Waals surface area contributed by atoms with E-state index in [4.69, 9.17) is 4.74 Å². The minimum absolute atomic E-state index is 0.0390. The summed E-state index contributed by atoms with van der Waals surface area (Å²) in [5.41, 5.74) is -6.06. The highest BCUT2D eigenvalue weighted by Gasteiger charge is 2.71. The lowest BCUT2D eigenvalue weighted by Gasteiger charge is -2.43. The van der Waals surface area contributed by atoms with Crippen molar-refractivity contribution in [1.82, 2.24) is 9.88 Å². The van der Waals surface area contributed by atoms with Crippen molar-refractivity contribution in [2.45, 2.75) is 57.0 Å². The zero-order chi connectivity index (χ0) is 28.0. The highest BCUT2D eigenvalue weighted by Crippen LogP contribution is 2.51. The predicted molar refractivity (Wildman–Crippen MR) is 121 cm³/mol. The molecule has 1 aromatic heterocycles. The second kappa shape index (κ2) is 9.62. The standard InChI is InChI=1S/C23H20BrF6N3O4/c1-20(2,3)37-19(35)33(16(34)12-8-6-5-7-9-12)18-32-21(4,15-13(25)10-11-14(24)31-15)22(26,27)17(36-18)23(28,29)30/h5-11,17H,1-4H3/t17-,21+/m0/s1. The highest BCUT2D eigenvalue weighted by molar-refractivity contribution is 9.10. The van der Waals surface area contributed by atoms with Gasteiger partial charge in [-0.3, -0.25) is 4.79 Å². The highest BCUT2D eigenvalue weighted by atomic mass is 79.9. The summed E-state index contributed by atoms with van der Waals surface area (Å²) in [6, 6.07) is 6.99. The zero-order valence-electron chi connectivity index (χ0n) is 19.7. The number of imide groups is 1. The first-order valence-electron chi connectivity index (χ1n) is 10.5. The van der Waals surface area contributed by atoms with Gasteiger partial charge in [0.15, 0.2) is 5.54 Å². The number of halogens is 7. The molecule has 1 aliphatic rings. The Hall–Kier alpha value is -3.16. The van der Waals surface area contributed by atoms with Crippen LogP contribution in [0.2, 0.25) is 0 Å². The lowest BCUT2D eigenvalue weighted by molar-refractivity contribution is -0.289. The lowest BCUT2D eigenvalue weighted by Crippen LogP contribution is -2.64. The van der Waals surface area contributed by atoms with E-state index < -0.39 is 58.9 Å². The largest absolute Gasteiger partial charge is 0.445 e. The fourth-order valence-corrected chi connectivity index (χ4v) is 3.65. The molecule has 0 saturated heterocycles. The molecule has 0 spiro atoms. The van der Waals surface area contributed by atoms with E-state index in [-0.39, 0.29) is 15.1 Å². The number of benzene rings is 1. The van der Waals surface area contributed by atoms with Crippen LogP contribution < -0.4 is 0 Å². The van der Waals surface area contributed by atoms with Gasteiger partial charge in [-0.2, -0.15) is 26.9 Å². The molecular weight excluding hydrogens is 576 g/mol. The van der Waals surface area contributed by atoms with E-state index in [1.165, 1.54) is 51.1 Å². The van der Waals surface area contributed by atoms with E-state index >= 15 is 8.78 Å². The minimum atomic E-state index is -5.75. The number of hydrogen-bond acceptors (Lipinski definition) is 6. The summed E-state index contributed by atoms with van der Waals surface area (Å²) >= 11 is 2.87. The van der Waals surface area contributed by atoms with E-state index in [1.54, 1.807) is 0 Å². The summed E-state index contributed by atoms with van der Waals surface area (Å²) in [6.45, 7) is 4.69. The van der Waals surface area contributed by atoms with Crippen LogP contribution in [0.25, 0.3) is 0 Å². The number of nitrogens with zero attached hydrogens (tertiary/aromatic N) is 3. The molecule has 14 heteroatoms. The number of rotatable bonds is 2. The molecule has 1 aromatic carbocycles. The van der Waals surface area contributed by atoms with Crippen LogP contribution in [0, 0.1) is 5.82 Å². The van der Waals surface area contributed by atoms with Crippen LogP contribution in [-0.2, 0) is 15.0 Å². The van der Waals surface area contributed by atoms with E-state index in [9.17, 15) is 27.2 Å². The molecule has 2 atom stereocenters. The number of alkyl halides is 5. The van der Waals surface area contributed by atoms with Crippen molar-refractivity contribution >= 4 is 34.0 Å². The van der Waals surface area contributed by atoms with Crippen molar-refractivity contribution < 1.29 is 45.4 Å². The van der Waals surface area contributed by atoms with Gasteiger partial charge >= 0.3 is 24.2 Å². The molecule has 1 aliphatic heterocycles. The fourth-order valence-electron chi connectivity index (χ4n) is 3.34. The monoisotopic (exact) mass is 595 g/mol.